The number of carbonyl (C=O) groups excluding carboxylic acids is 2. The fourth-order valence-electron chi connectivity index (χ4n) is 2.84. The summed E-state index contributed by atoms with van der Waals surface area (Å²) in [7, 11) is 0. The highest BCUT2D eigenvalue weighted by Crippen LogP contribution is 2.26. The number of imide groups is 1. The Kier molecular flexibility index (Phi) is 3.44. The zero-order valence-electron chi connectivity index (χ0n) is 11.5. The monoisotopic (exact) mass is 274 g/mol. The Morgan fingerprint density at radius 3 is 2.75 bits per heavy atom. The van der Waals surface area contributed by atoms with Crippen LogP contribution in [0.2, 0.25) is 0 Å². The molecule has 3 rings (SSSR count). The van der Waals surface area contributed by atoms with Gasteiger partial charge in [-0.05, 0) is 25.0 Å². The fourth-order valence-corrected chi connectivity index (χ4v) is 2.84. The molecule has 1 atom stereocenters. The van der Waals surface area contributed by atoms with Gasteiger partial charge in [0.2, 0.25) is 5.91 Å². The normalized spacial score (nSPS) is 23.6. The van der Waals surface area contributed by atoms with Gasteiger partial charge in [-0.25, -0.2) is 4.79 Å². The topological polar surface area (TPSA) is 49.9 Å². The molecule has 2 fully saturated rings. The van der Waals surface area contributed by atoms with E-state index in [0.717, 1.165) is 17.7 Å². The highest BCUT2D eigenvalue weighted by atomic mass is 16.5. The number of hydrogen-bond acceptors (Lipinski definition) is 3. The van der Waals surface area contributed by atoms with Crippen molar-refractivity contribution >= 4 is 17.6 Å². The van der Waals surface area contributed by atoms with Crippen LogP contribution in [0.1, 0.15) is 18.4 Å². The number of carbonyl (C=O) groups is 2. The SMILES string of the molecule is Cc1ccccc1N1CCC(=O)N(C2CCOC2)C1=O. The molecule has 1 unspecified atom stereocenters. The second-order valence-electron chi connectivity index (χ2n) is 5.25. The third kappa shape index (κ3) is 2.18. The maximum atomic E-state index is 12.7. The van der Waals surface area contributed by atoms with Crippen molar-refractivity contribution in [3.05, 3.63) is 29.8 Å². The summed E-state index contributed by atoms with van der Waals surface area (Å²) in [5, 5.41) is 0. The number of hydrogen-bond donors (Lipinski definition) is 0. The Bertz CT molecular complexity index is 538. The lowest BCUT2D eigenvalue weighted by molar-refractivity contribution is -0.130. The van der Waals surface area contributed by atoms with Gasteiger partial charge in [0.1, 0.15) is 0 Å². The number of amides is 3. The molecule has 2 heterocycles. The molecule has 0 N–H and O–H groups in total. The first-order valence-corrected chi connectivity index (χ1v) is 6.95. The lowest BCUT2D eigenvalue weighted by Gasteiger charge is -2.37. The summed E-state index contributed by atoms with van der Waals surface area (Å²) in [6.07, 6.45) is 1.11. The molecule has 5 nitrogen and oxygen atoms in total. The van der Waals surface area contributed by atoms with Gasteiger partial charge in [-0.1, -0.05) is 18.2 Å². The average Bonchev–Trinajstić information content (AvgIpc) is 2.94. The van der Waals surface area contributed by atoms with Crippen LogP contribution < -0.4 is 4.90 Å². The van der Waals surface area contributed by atoms with E-state index in [-0.39, 0.29) is 18.0 Å². The molecule has 20 heavy (non-hydrogen) atoms. The Morgan fingerprint density at radius 2 is 2.05 bits per heavy atom. The highest BCUT2D eigenvalue weighted by Gasteiger charge is 2.39. The number of benzene rings is 1. The molecule has 5 heteroatoms. The third-order valence-corrected chi connectivity index (χ3v) is 3.93. The summed E-state index contributed by atoms with van der Waals surface area (Å²) in [6, 6.07) is 7.43. The van der Waals surface area contributed by atoms with E-state index in [0.29, 0.717) is 26.2 Å². The molecule has 1 aromatic carbocycles. The second-order valence-corrected chi connectivity index (χ2v) is 5.25. The minimum atomic E-state index is -0.217. The molecule has 0 bridgehead atoms. The van der Waals surface area contributed by atoms with Crippen molar-refractivity contribution in [2.45, 2.75) is 25.8 Å². The van der Waals surface area contributed by atoms with Gasteiger partial charge in [-0.2, -0.15) is 0 Å². The van der Waals surface area contributed by atoms with Gasteiger partial charge in [-0.3, -0.25) is 14.6 Å². The lowest BCUT2D eigenvalue weighted by Crippen LogP contribution is -2.56. The summed E-state index contributed by atoms with van der Waals surface area (Å²) < 4.78 is 5.31. The second kappa shape index (κ2) is 5.25. The number of nitrogens with zero attached hydrogens (tertiary/aromatic N) is 2. The van der Waals surface area contributed by atoms with Crippen LogP contribution in [0.5, 0.6) is 0 Å². The Hall–Kier alpha value is -1.88. The van der Waals surface area contributed by atoms with Crippen molar-refractivity contribution in [3.8, 4) is 0 Å². The van der Waals surface area contributed by atoms with E-state index in [4.69, 9.17) is 4.74 Å². The van der Waals surface area contributed by atoms with E-state index < -0.39 is 0 Å². The zero-order chi connectivity index (χ0) is 14.1. The molecule has 0 radical (unpaired) electrons. The summed E-state index contributed by atoms with van der Waals surface area (Å²) >= 11 is 0. The van der Waals surface area contributed by atoms with Crippen molar-refractivity contribution in [1.82, 2.24) is 4.90 Å². The molecule has 106 valence electrons. The van der Waals surface area contributed by atoms with E-state index in [2.05, 4.69) is 0 Å². The van der Waals surface area contributed by atoms with Crippen molar-refractivity contribution in [2.24, 2.45) is 0 Å². The first kappa shape index (κ1) is 13.1. The summed E-state index contributed by atoms with van der Waals surface area (Å²) in [6.45, 7) is 3.50. The molecule has 2 aliphatic rings. The number of para-hydroxylation sites is 1. The molecule has 0 aromatic heterocycles. The van der Waals surface area contributed by atoms with Gasteiger partial charge in [0.05, 0.1) is 12.6 Å². The van der Waals surface area contributed by atoms with Crippen molar-refractivity contribution < 1.29 is 14.3 Å². The van der Waals surface area contributed by atoms with Crippen LogP contribution in [-0.4, -0.2) is 42.6 Å². The Labute approximate surface area is 118 Å². The van der Waals surface area contributed by atoms with E-state index in [1.54, 1.807) is 4.90 Å². The lowest BCUT2D eigenvalue weighted by atomic mass is 10.1. The Balaban J connectivity index is 1.89. The minimum absolute atomic E-state index is 0.0877. The molecule has 0 aliphatic carbocycles. The van der Waals surface area contributed by atoms with E-state index in [9.17, 15) is 9.59 Å². The number of aryl methyl sites for hydroxylation is 1. The summed E-state index contributed by atoms with van der Waals surface area (Å²) in [4.78, 5) is 27.8. The Morgan fingerprint density at radius 1 is 1.25 bits per heavy atom. The van der Waals surface area contributed by atoms with Crippen LogP contribution in [0.25, 0.3) is 0 Å². The summed E-state index contributed by atoms with van der Waals surface area (Å²) in [5.41, 5.74) is 1.92. The van der Waals surface area contributed by atoms with E-state index in [1.807, 2.05) is 31.2 Å². The number of ether oxygens (including phenoxy) is 1. The minimum Gasteiger partial charge on any atom is -0.379 e. The molecule has 0 saturated carbocycles. The van der Waals surface area contributed by atoms with Crippen molar-refractivity contribution in [3.63, 3.8) is 0 Å². The van der Waals surface area contributed by atoms with Gasteiger partial charge < -0.3 is 4.74 Å². The van der Waals surface area contributed by atoms with Crippen LogP contribution >= 0.6 is 0 Å². The maximum absolute atomic E-state index is 12.7. The third-order valence-electron chi connectivity index (χ3n) is 3.93. The first-order valence-electron chi connectivity index (χ1n) is 6.95. The smallest absolute Gasteiger partial charge is 0.331 e. The first-order chi connectivity index (χ1) is 9.68. The molecular weight excluding hydrogens is 256 g/mol. The predicted octanol–water partition coefficient (Wildman–Crippen LogP) is 1.94. The highest BCUT2D eigenvalue weighted by molar-refractivity contribution is 6.06. The van der Waals surface area contributed by atoms with Crippen LogP contribution in [0.15, 0.2) is 24.3 Å². The quantitative estimate of drug-likeness (QED) is 0.828. The zero-order valence-corrected chi connectivity index (χ0v) is 11.5. The van der Waals surface area contributed by atoms with Crippen molar-refractivity contribution in [1.29, 1.82) is 0 Å². The van der Waals surface area contributed by atoms with Gasteiger partial charge in [0, 0.05) is 25.3 Å². The number of rotatable bonds is 2. The van der Waals surface area contributed by atoms with E-state index in [1.165, 1.54) is 4.90 Å². The van der Waals surface area contributed by atoms with Gasteiger partial charge in [-0.15, -0.1) is 0 Å². The van der Waals surface area contributed by atoms with Crippen LogP contribution in [0, 0.1) is 6.92 Å². The van der Waals surface area contributed by atoms with Gasteiger partial charge in [0.15, 0.2) is 0 Å². The van der Waals surface area contributed by atoms with Crippen LogP contribution in [0.4, 0.5) is 10.5 Å². The molecule has 3 amide bonds. The predicted molar refractivity (Wildman–Crippen MR) is 74.6 cm³/mol. The van der Waals surface area contributed by atoms with Crippen molar-refractivity contribution in [2.75, 3.05) is 24.7 Å². The molecule has 0 spiro atoms. The molecular formula is C15H18N2O3. The van der Waals surface area contributed by atoms with Gasteiger partial charge in [0.25, 0.3) is 0 Å². The number of anilines is 1. The summed E-state index contributed by atoms with van der Waals surface area (Å²) in [5.74, 6) is -0.0877. The van der Waals surface area contributed by atoms with Gasteiger partial charge >= 0.3 is 6.03 Å². The van der Waals surface area contributed by atoms with Crippen LogP contribution in [-0.2, 0) is 9.53 Å². The standard InChI is InChI=1S/C15H18N2O3/c1-11-4-2-3-5-13(11)16-8-6-14(18)17(15(16)19)12-7-9-20-10-12/h2-5,12H,6-10H2,1H3. The van der Waals surface area contributed by atoms with Crippen LogP contribution in [0.3, 0.4) is 0 Å². The molecule has 2 saturated heterocycles. The molecule has 2 aliphatic heterocycles. The number of urea groups is 1. The average molecular weight is 274 g/mol. The maximum Gasteiger partial charge on any atom is 0.331 e. The molecule has 1 aromatic rings. The van der Waals surface area contributed by atoms with E-state index >= 15 is 0 Å². The largest absolute Gasteiger partial charge is 0.379 e. The fraction of sp³-hybridized carbons (Fsp3) is 0.467.